The van der Waals surface area contributed by atoms with Gasteiger partial charge >= 0.3 is 0 Å². The van der Waals surface area contributed by atoms with E-state index in [1.165, 1.54) is 4.31 Å². The van der Waals surface area contributed by atoms with Crippen molar-refractivity contribution in [1.82, 2.24) is 4.31 Å². The van der Waals surface area contributed by atoms with E-state index in [1.54, 1.807) is 38.3 Å². The third-order valence-corrected chi connectivity index (χ3v) is 5.14. The SMILES string of the molecule is CCC(O)c1cccc(S(=O)(=O)N(CC)CCOC)c1. The number of hydrogen-bond donors (Lipinski definition) is 1. The van der Waals surface area contributed by atoms with Gasteiger partial charge in [0.05, 0.1) is 17.6 Å². The minimum atomic E-state index is -3.55. The van der Waals surface area contributed by atoms with E-state index in [-0.39, 0.29) is 4.90 Å². The Labute approximate surface area is 121 Å². The molecule has 20 heavy (non-hydrogen) atoms. The van der Waals surface area contributed by atoms with E-state index < -0.39 is 16.1 Å². The molecule has 0 aromatic heterocycles. The van der Waals surface area contributed by atoms with Gasteiger partial charge in [-0.25, -0.2) is 8.42 Å². The molecule has 0 aliphatic heterocycles. The number of likely N-dealkylation sites (N-methyl/N-ethyl adjacent to an activating group) is 1. The van der Waals surface area contributed by atoms with Gasteiger partial charge in [-0.05, 0) is 24.1 Å². The summed E-state index contributed by atoms with van der Waals surface area (Å²) < 4.78 is 31.3. The normalized spacial score (nSPS) is 13.7. The van der Waals surface area contributed by atoms with Crippen LogP contribution in [0.15, 0.2) is 29.2 Å². The number of rotatable bonds is 8. The summed E-state index contributed by atoms with van der Waals surface area (Å²) in [5.74, 6) is 0. The highest BCUT2D eigenvalue weighted by molar-refractivity contribution is 7.89. The number of aliphatic hydroxyl groups excluding tert-OH is 1. The maximum absolute atomic E-state index is 12.5. The molecule has 1 unspecified atom stereocenters. The van der Waals surface area contributed by atoms with Crippen LogP contribution >= 0.6 is 0 Å². The number of nitrogens with zero attached hydrogens (tertiary/aromatic N) is 1. The van der Waals surface area contributed by atoms with E-state index in [4.69, 9.17) is 4.74 Å². The molecule has 1 aromatic carbocycles. The van der Waals surface area contributed by atoms with Crippen molar-refractivity contribution >= 4 is 10.0 Å². The highest BCUT2D eigenvalue weighted by Gasteiger charge is 2.23. The Kier molecular flexibility index (Phi) is 6.61. The lowest BCUT2D eigenvalue weighted by Crippen LogP contribution is -2.33. The van der Waals surface area contributed by atoms with Crippen LogP contribution in [-0.4, -0.2) is 44.6 Å². The first kappa shape index (κ1) is 17.1. The van der Waals surface area contributed by atoms with Crippen molar-refractivity contribution in [3.63, 3.8) is 0 Å². The zero-order chi connectivity index (χ0) is 15.2. The highest BCUT2D eigenvalue weighted by Crippen LogP contribution is 2.22. The van der Waals surface area contributed by atoms with Crippen LogP contribution in [-0.2, 0) is 14.8 Å². The molecule has 0 fully saturated rings. The second-order valence-electron chi connectivity index (χ2n) is 4.49. The topological polar surface area (TPSA) is 66.8 Å². The Morgan fingerprint density at radius 3 is 2.60 bits per heavy atom. The second-order valence-corrected chi connectivity index (χ2v) is 6.42. The standard InChI is InChI=1S/C14H23NO4S/c1-4-14(16)12-7-6-8-13(11-12)20(17,18)15(5-2)9-10-19-3/h6-8,11,14,16H,4-5,9-10H2,1-3H3. The van der Waals surface area contributed by atoms with Crippen LogP contribution in [0.2, 0.25) is 0 Å². The predicted octanol–water partition coefficient (Wildman–Crippen LogP) is 1.79. The molecule has 114 valence electrons. The first-order valence-corrected chi connectivity index (χ1v) is 8.18. The molecule has 0 heterocycles. The summed E-state index contributed by atoms with van der Waals surface area (Å²) in [5.41, 5.74) is 0.622. The van der Waals surface area contributed by atoms with E-state index in [1.807, 2.05) is 6.92 Å². The van der Waals surface area contributed by atoms with E-state index in [0.717, 1.165) is 0 Å². The van der Waals surface area contributed by atoms with Crippen molar-refractivity contribution in [2.45, 2.75) is 31.3 Å². The number of hydrogen-bond acceptors (Lipinski definition) is 4. The lowest BCUT2D eigenvalue weighted by atomic mass is 10.1. The molecule has 0 saturated heterocycles. The maximum Gasteiger partial charge on any atom is 0.243 e. The Bertz CT molecular complexity index is 516. The first-order valence-electron chi connectivity index (χ1n) is 6.74. The highest BCUT2D eigenvalue weighted by atomic mass is 32.2. The van der Waals surface area contributed by atoms with Crippen LogP contribution in [0, 0.1) is 0 Å². The lowest BCUT2D eigenvalue weighted by Gasteiger charge is -2.20. The average Bonchev–Trinajstić information content (AvgIpc) is 2.47. The quantitative estimate of drug-likeness (QED) is 0.795. The molecule has 0 amide bonds. The fourth-order valence-electron chi connectivity index (χ4n) is 1.91. The van der Waals surface area contributed by atoms with Gasteiger partial charge < -0.3 is 9.84 Å². The molecule has 0 saturated carbocycles. The monoisotopic (exact) mass is 301 g/mol. The van der Waals surface area contributed by atoms with Gasteiger partial charge in [0.15, 0.2) is 0 Å². The molecular weight excluding hydrogens is 278 g/mol. The van der Waals surface area contributed by atoms with Gasteiger partial charge in [0.25, 0.3) is 0 Å². The van der Waals surface area contributed by atoms with Gasteiger partial charge in [0, 0.05) is 20.2 Å². The van der Waals surface area contributed by atoms with Gasteiger partial charge in [0.1, 0.15) is 0 Å². The fraction of sp³-hybridized carbons (Fsp3) is 0.571. The molecular formula is C14H23NO4S. The molecule has 0 aliphatic rings. The van der Waals surface area contributed by atoms with Gasteiger partial charge in [-0.2, -0.15) is 4.31 Å². The Balaban J connectivity index is 3.07. The van der Waals surface area contributed by atoms with Crippen molar-refractivity contribution in [2.75, 3.05) is 26.8 Å². The summed E-state index contributed by atoms with van der Waals surface area (Å²) in [4.78, 5) is 0.209. The smallest absolute Gasteiger partial charge is 0.243 e. The minimum absolute atomic E-state index is 0.209. The Hall–Kier alpha value is -0.950. The molecule has 0 bridgehead atoms. The first-order chi connectivity index (χ1) is 9.47. The van der Waals surface area contributed by atoms with Gasteiger partial charge in [-0.15, -0.1) is 0 Å². The predicted molar refractivity (Wildman–Crippen MR) is 78.0 cm³/mol. The Morgan fingerprint density at radius 2 is 2.05 bits per heavy atom. The summed E-state index contributed by atoms with van der Waals surface area (Å²) in [6.07, 6.45) is -0.0933. The number of ether oxygens (including phenoxy) is 1. The fourth-order valence-corrected chi connectivity index (χ4v) is 3.40. The van der Waals surface area contributed by atoms with Crippen LogP contribution in [0.5, 0.6) is 0 Å². The molecule has 0 spiro atoms. The van der Waals surface area contributed by atoms with Crippen molar-refractivity contribution < 1.29 is 18.3 Å². The van der Waals surface area contributed by atoms with Crippen LogP contribution in [0.3, 0.4) is 0 Å². The maximum atomic E-state index is 12.5. The summed E-state index contributed by atoms with van der Waals surface area (Å²) in [5, 5.41) is 9.83. The lowest BCUT2D eigenvalue weighted by molar-refractivity contribution is 0.173. The second kappa shape index (κ2) is 7.73. The van der Waals surface area contributed by atoms with E-state index in [2.05, 4.69) is 0 Å². The third-order valence-electron chi connectivity index (χ3n) is 3.16. The molecule has 0 radical (unpaired) electrons. The molecule has 1 N–H and O–H groups in total. The Morgan fingerprint density at radius 1 is 1.35 bits per heavy atom. The van der Waals surface area contributed by atoms with Crippen molar-refractivity contribution in [2.24, 2.45) is 0 Å². The van der Waals surface area contributed by atoms with E-state index in [0.29, 0.717) is 31.7 Å². The van der Waals surface area contributed by atoms with Crippen LogP contribution in [0.1, 0.15) is 31.9 Å². The van der Waals surface area contributed by atoms with Gasteiger partial charge in [0.2, 0.25) is 10.0 Å². The molecule has 5 nitrogen and oxygen atoms in total. The number of aliphatic hydroxyl groups is 1. The largest absolute Gasteiger partial charge is 0.388 e. The summed E-state index contributed by atoms with van der Waals surface area (Å²) in [6, 6.07) is 6.49. The minimum Gasteiger partial charge on any atom is -0.388 e. The molecule has 6 heteroatoms. The van der Waals surface area contributed by atoms with E-state index in [9.17, 15) is 13.5 Å². The van der Waals surface area contributed by atoms with E-state index >= 15 is 0 Å². The average molecular weight is 301 g/mol. The van der Waals surface area contributed by atoms with Crippen molar-refractivity contribution in [1.29, 1.82) is 0 Å². The number of benzene rings is 1. The van der Waals surface area contributed by atoms with Crippen molar-refractivity contribution in [3.05, 3.63) is 29.8 Å². The summed E-state index contributed by atoms with van der Waals surface area (Å²) in [7, 11) is -2.01. The summed E-state index contributed by atoms with van der Waals surface area (Å²) in [6.45, 7) is 4.69. The van der Waals surface area contributed by atoms with Crippen LogP contribution in [0.25, 0.3) is 0 Å². The van der Waals surface area contributed by atoms with Gasteiger partial charge in [-0.3, -0.25) is 0 Å². The molecule has 1 aromatic rings. The van der Waals surface area contributed by atoms with Crippen LogP contribution in [0.4, 0.5) is 0 Å². The number of sulfonamides is 1. The molecule has 0 aliphatic carbocycles. The van der Waals surface area contributed by atoms with Crippen molar-refractivity contribution in [3.8, 4) is 0 Å². The van der Waals surface area contributed by atoms with Crippen LogP contribution < -0.4 is 0 Å². The zero-order valence-corrected chi connectivity index (χ0v) is 13.1. The molecule has 1 atom stereocenters. The third kappa shape index (κ3) is 4.02. The van der Waals surface area contributed by atoms with Gasteiger partial charge in [-0.1, -0.05) is 26.0 Å². The summed E-state index contributed by atoms with van der Waals surface area (Å²) >= 11 is 0. The number of methoxy groups -OCH3 is 1. The zero-order valence-electron chi connectivity index (χ0n) is 12.2. The molecule has 1 rings (SSSR count).